The van der Waals surface area contributed by atoms with Gasteiger partial charge in [-0.2, -0.15) is 5.26 Å². The topological polar surface area (TPSA) is 52.9 Å². The smallest absolute Gasteiger partial charge is 0.234 e. The zero-order chi connectivity index (χ0) is 11.1. The molecule has 0 aliphatic heterocycles. The van der Waals surface area contributed by atoms with Crippen LogP contribution in [0.3, 0.4) is 0 Å². The maximum atomic E-state index is 11.3. The Balaban J connectivity index is 2.38. The summed E-state index contributed by atoms with van der Waals surface area (Å²) >= 11 is 3.51. The van der Waals surface area contributed by atoms with Gasteiger partial charge in [-0.05, 0) is 46.9 Å². The molecule has 1 rings (SSSR count). The minimum atomic E-state index is -0.0727. The highest BCUT2D eigenvalue weighted by Gasteiger charge is 2.01. The first-order valence-corrected chi connectivity index (χ1v) is 6.46. The highest BCUT2D eigenvalue weighted by Crippen LogP contribution is 2.11. The lowest BCUT2D eigenvalue weighted by Crippen LogP contribution is -2.14. The van der Waals surface area contributed by atoms with Gasteiger partial charge in [-0.15, -0.1) is 11.8 Å². The fourth-order valence-electron chi connectivity index (χ4n) is 0.920. The van der Waals surface area contributed by atoms with E-state index in [1.807, 2.05) is 30.3 Å². The number of halogens is 1. The Hall–Kier alpha value is -0.740. The summed E-state index contributed by atoms with van der Waals surface area (Å²) < 4.78 is 1.13. The van der Waals surface area contributed by atoms with E-state index >= 15 is 0 Å². The van der Waals surface area contributed by atoms with Crippen molar-refractivity contribution in [2.45, 2.75) is 0 Å². The Kier molecular flexibility index (Phi) is 5.50. The molecule has 5 heteroatoms. The van der Waals surface area contributed by atoms with Gasteiger partial charge in [-0.25, -0.2) is 0 Å². The molecule has 0 spiro atoms. The maximum absolute atomic E-state index is 11.3. The van der Waals surface area contributed by atoms with Crippen molar-refractivity contribution in [3.63, 3.8) is 0 Å². The molecule has 0 heterocycles. The van der Waals surface area contributed by atoms with Gasteiger partial charge in [0, 0.05) is 9.26 Å². The average molecular weight is 332 g/mol. The summed E-state index contributed by atoms with van der Waals surface area (Å²) in [7, 11) is 0. The molecule has 0 atom stereocenters. The molecule has 0 aliphatic rings. The number of amides is 1. The van der Waals surface area contributed by atoms with Crippen molar-refractivity contribution in [2.24, 2.45) is 0 Å². The average Bonchev–Trinajstić information content (AvgIpc) is 2.22. The SMILES string of the molecule is N#CCSCC(=O)Nc1ccc(I)cc1. The van der Waals surface area contributed by atoms with Crippen LogP contribution in [0.4, 0.5) is 5.69 Å². The number of hydrogen-bond acceptors (Lipinski definition) is 3. The van der Waals surface area contributed by atoms with Gasteiger partial charge >= 0.3 is 0 Å². The molecule has 0 fully saturated rings. The Labute approximate surface area is 106 Å². The lowest BCUT2D eigenvalue weighted by atomic mass is 10.3. The second-order valence-electron chi connectivity index (χ2n) is 2.71. The first-order chi connectivity index (χ1) is 7.22. The highest BCUT2D eigenvalue weighted by atomic mass is 127. The molecule has 0 aliphatic carbocycles. The van der Waals surface area contributed by atoms with Gasteiger partial charge in [0.05, 0.1) is 17.6 Å². The molecule has 78 valence electrons. The molecule has 0 saturated heterocycles. The van der Waals surface area contributed by atoms with Gasteiger partial charge in [0.1, 0.15) is 0 Å². The number of carbonyl (C=O) groups excluding carboxylic acids is 1. The molecule has 0 bridgehead atoms. The van der Waals surface area contributed by atoms with Crippen molar-refractivity contribution in [3.8, 4) is 6.07 Å². The predicted molar refractivity (Wildman–Crippen MR) is 70.7 cm³/mol. The van der Waals surface area contributed by atoms with Crippen LogP contribution < -0.4 is 5.32 Å². The molecule has 1 N–H and O–H groups in total. The number of anilines is 1. The Bertz CT molecular complexity index is 372. The van der Waals surface area contributed by atoms with Crippen molar-refractivity contribution in [1.29, 1.82) is 5.26 Å². The molecule has 15 heavy (non-hydrogen) atoms. The van der Waals surface area contributed by atoms with E-state index in [1.165, 1.54) is 11.8 Å². The lowest BCUT2D eigenvalue weighted by molar-refractivity contribution is -0.113. The molecule has 1 aromatic rings. The number of carbonyl (C=O) groups is 1. The number of nitrogens with one attached hydrogen (secondary N) is 1. The zero-order valence-electron chi connectivity index (χ0n) is 7.87. The predicted octanol–water partition coefficient (Wildman–Crippen LogP) is 2.49. The van der Waals surface area contributed by atoms with Gasteiger partial charge < -0.3 is 5.32 Å². The molecule has 1 amide bonds. The van der Waals surface area contributed by atoms with E-state index in [0.717, 1.165) is 9.26 Å². The number of hydrogen-bond donors (Lipinski definition) is 1. The molecule has 0 unspecified atom stereocenters. The Morgan fingerprint density at radius 1 is 1.47 bits per heavy atom. The molecule has 0 aromatic heterocycles. The number of nitriles is 1. The summed E-state index contributed by atoms with van der Waals surface area (Å²) in [6, 6.07) is 9.55. The number of rotatable bonds is 4. The van der Waals surface area contributed by atoms with Gasteiger partial charge in [0.2, 0.25) is 5.91 Å². The van der Waals surface area contributed by atoms with Crippen molar-refractivity contribution >= 4 is 45.9 Å². The summed E-state index contributed by atoms with van der Waals surface area (Å²) in [5.41, 5.74) is 0.790. The van der Waals surface area contributed by atoms with Crippen molar-refractivity contribution in [3.05, 3.63) is 27.8 Å². The van der Waals surface area contributed by atoms with Crippen LogP contribution in [0.15, 0.2) is 24.3 Å². The summed E-state index contributed by atoms with van der Waals surface area (Å²) in [4.78, 5) is 11.3. The van der Waals surface area contributed by atoms with Gasteiger partial charge in [-0.1, -0.05) is 0 Å². The van der Waals surface area contributed by atoms with Crippen LogP contribution in [-0.2, 0) is 4.79 Å². The number of thioether (sulfide) groups is 1. The van der Waals surface area contributed by atoms with Crippen molar-refractivity contribution in [2.75, 3.05) is 16.8 Å². The van der Waals surface area contributed by atoms with Crippen LogP contribution in [0.1, 0.15) is 0 Å². The fraction of sp³-hybridized carbons (Fsp3) is 0.200. The van der Waals surface area contributed by atoms with Gasteiger partial charge in [0.25, 0.3) is 0 Å². The summed E-state index contributed by atoms with van der Waals surface area (Å²) in [5.74, 6) is 0.594. The van der Waals surface area contributed by atoms with E-state index in [-0.39, 0.29) is 5.91 Å². The van der Waals surface area contributed by atoms with Gasteiger partial charge in [-0.3, -0.25) is 4.79 Å². The quantitative estimate of drug-likeness (QED) is 0.681. The second kappa shape index (κ2) is 6.69. The zero-order valence-corrected chi connectivity index (χ0v) is 10.8. The van der Waals surface area contributed by atoms with Crippen LogP contribution >= 0.6 is 34.4 Å². The van der Waals surface area contributed by atoms with Gasteiger partial charge in [0.15, 0.2) is 0 Å². The minimum absolute atomic E-state index is 0.0727. The first-order valence-electron chi connectivity index (χ1n) is 4.22. The third-order valence-corrected chi connectivity index (χ3v) is 3.05. The van der Waals surface area contributed by atoms with Crippen LogP contribution in [0.5, 0.6) is 0 Å². The first kappa shape index (κ1) is 12.3. The monoisotopic (exact) mass is 332 g/mol. The van der Waals surface area contributed by atoms with Crippen molar-refractivity contribution in [1.82, 2.24) is 0 Å². The van der Waals surface area contributed by atoms with E-state index in [9.17, 15) is 4.79 Å². The Morgan fingerprint density at radius 2 is 2.13 bits per heavy atom. The summed E-state index contributed by atoms with van der Waals surface area (Å²) in [6.07, 6.45) is 0. The third-order valence-electron chi connectivity index (χ3n) is 1.53. The van der Waals surface area contributed by atoms with E-state index in [2.05, 4.69) is 27.9 Å². The molecule has 1 aromatic carbocycles. The van der Waals surface area contributed by atoms with Crippen LogP contribution in [0, 0.1) is 14.9 Å². The molecule has 0 radical (unpaired) electrons. The number of benzene rings is 1. The normalized spacial score (nSPS) is 9.33. The van der Waals surface area contributed by atoms with E-state index < -0.39 is 0 Å². The molecular formula is C10H9IN2OS. The second-order valence-corrected chi connectivity index (χ2v) is 4.94. The van der Waals surface area contributed by atoms with Crippen LogP contribution in [0.25, 0.3) is 0 Å². The number of nitrogens with zero attached hydrogens (tertiary/aromatic N) is 1. The third kappa shape index (κ3) is 5.04. The van der Waals surface area contributed by atoms with E-state index in [4.69, 9.17) is 5.26 Å². The minimum Gasteiger partial charge on any atom is -0.325 e. The van der Waals surface area contributed by atoms with Crippen LogP contribution in [-0.4, -0.2) is 17.4 Å². The lowest BCUT2D eigenvalue weighted by Gasteiger charge is -2.03. The summed E-state index contributed by atoms with van der Waals surface area (Å²) in [5, 5.41) is 11.1. The standard InChI is InChI=1S/C10H9IN2OS/c11-8-1-3-9(4-2-8)13-10(14)7-15-6-5-12/h1-4H,6-7H2,(H,13,14). The maximum Gasteiger partial charge on any atom is 0.234 e. The highest BCUT2D eigenvalue weighted by molar-refractivity contribution is 14.1. The van der Waals surface area contributed by atoms with Crippen molar-refractivity contribution < 1.29 is 4.79 Å². The Morgan fingerprint density at radius 3 is 2.73 bits per heavy atom. The molecule has 0 saturated carbocycles. The van der Waals surface area contributed by atoms with E-state index in [1.54, 1.807) is 0 Å². The molecular weight excluding hydrogens is 323 g/mol. The largest absolute Gasteiger partial charge is 0.325 e. The van der Waals surface area contributed by atoms with E-state index in [0.29, 0.717) is 11.5 Å². The summed E-state index contributed by atoms with van der Waals surface area (Å²) in [6.45, 7) is 0. The van der Waals surface area contributed by atoms with Crippen LogP contribution in [0.2, 0.25) is 0 Å². The molecule has 3 nitrogen and oxygen atoms in total. The fourth-order valence-corrected chi connectivity index (χ4v) is 1.73.